The van der Waals surface area contributed by atoms with Gasteiger partial charge in [0, 0.05) is 10.4 Å². The van der Waals surface area contributed by atoms with E-state index < -0.39 is 15.5 Å². The zero-order chi connectivity index (χ0) is 8.08. The van der Waals surface area contributed by atoms with Crippen LogP contribution in [0, 0.1) is 10.1 Å². The van der Waals surface area contributed by atoms with Gasteiger partial charge < -0.3 is 14.3 Å². The Hall–Kier alpha value is -0.411. The average molecular weight is 215 g/mol. The van der Waals surface area contributed by atoms with E-state index in [1.54, 1.807) is 0 Å². The van der Waals surface area contributed by atoms with Crippen LogP contribution in [0.25, 0.3) is 0 Å². The molecule has 0 aromatic rings. The maximum atomic E-state index is 8.52. The van der Waals surface area contributed by atoms with Gasteiger partial charge in [0.05, 0.1) is 0 Å². The van der Waals surface area contributed by atoms with Crippen molar-refractivity contribution in [2.45, 2.75) is 0 Å². The average Bonchev–Trinajstić information content (AvgIpc) is 1.19. The summed E-state index contributed by atoms with van der Waals surface area (Å²) < 4.78 is 34.1. The van der Waals surface area contributed by atoms with Crippen LogP contribution in [0.4, 0.5) is 0 Å². The number of hydrogen-bond donors (Lipinski definition) is 1. The van der Waals surface area contributed by atoms with E-state index in [9.17, 15) is 0 Å². The molecule has 0 saturated heterocycles. The SMILES string of the molecule is O=S(=O)([O-])[O-].O=[N+]([O-])O.[Fe+3]. The first-order valence-corrected chi connectivity index (χ1v) is 2.57. The van der Waals surface area contributed by atoms with Crippen LogP contribution in [0.2, 0.25) is 0 Å². The van der Waals surface area contributed by atoms with Crippen molar-refractivity contribution in [1.29, 1.82) is 0 Å². The van der Waals surface area contributed by atoms with Crippen molar-refractivity contribution >= 4 is 10.4 Å². The third-order valence-electron chi connectivity index (χ3n) is 0. The molecule has 1 radical (unpaired) electrons. The maximum Gasteiger partial charge on any atom is 3.00 e. The third kappa shape index (κ3) is 1960. The van der Waals surface area contributed by atoms with Gasteiger partial charge in [-0.25, -0.2) is 0 Å². The monoisotopic (exact) mass is 215 g/mol. The molecule has 61 valence electrons. The van der Waals surface area contributed by atoms with Crippen molar-refractivity contribution in [2.24, 2.45) is 0 Å². The van der Waals surface area contributed by atoms with E-state index in [1.807, 2.05) is 0 Å². The van der Waals surface area contributed by atoms with Gasteiger partial charge in [-0.15, -0.1) is 10.1 Å². The minimum Gasteiger partial charge on any atom is -0.759 e. The second kappa shape index (κ2) is 6.71. The Kier molecular flexibility index (Phi) is 10.9. The van der Waals surface area contributed by atoms with E-state index in [0.717, 1.165) is 0 Å². The zero-order valence-electron chi connectivity index (χ0n) is 4.11. The van der Waals surface area contributed by atoms with Crippen LogP contribution in [0.3, 0.4) is 0 Å². The Morgan fingerprint density at radius 3 is 1.30 bits per heavy atom. The summed E-state index contributed by atoms with van der Waals surface area (Å²) in [6, 6.07) is 0. The van der Waals surface area contributed by atoms with Crippen LogP contribution in [-0.2, 0) is 27.5 Å². The number of hydrogen-bond acceptors (Lipinski definition) is 6. The molecule has 0 aromatic carbocycles. The van der Waals surface area contributed by atoms with Crippen LogP contribution in [0.15, 0.2) is 0 Å². The maximum absolute atomic E-state index is 8.52. The zero-order valence-corrected chi connectivity index (χ0v) is 6.03. The molecule has 8 nitrogen and oxygen atoms in total. The largest absolute Gasteiger partial charge is 3.00 e. The molecule has 0 atom stereocenters. The van der Waals surface area contributed by atoms with Gasteiger partial charge in [-0.1, -0.05) is 0 Å². The fourth-order valence-electron chi connectivity index (χ4n) is 0. The number of nitrogens with zero attached hydrogens (tertiary/aromatic N) is 1. The Balaban J connectivity index is -0.0000000910. The molecule has 0 fully saturated rings. The van der Waals surface area contributed by atoms with Crippen LogP contribution in [0.5, 0.6) is 0 Å². The molecule has 0 aliphatic rings. The molecule has 10 heavy (non-hydrogen) atoms. The fourth-order valence-corrected chi connectivity index (χ4v) is 0. The van der Waals surface area contributed by atoms with Crippen molar-refractivity contribution in [3.05, 3.63) is 10.1 Å². The van der Waals surface area contributed by atoms with Crippen LogP contribution >= 0.6 is 0 Å². The van der Waals surface area contributed by atoms with Crippen molar-refractivity contribution in [3.63, 3.8) is 0 Å². The van der Waals surface area contributed by atoms with Crippen molar-refractivity contribution < 1.29 is 44.9 Å². The molecule has 0 aliphatic heterocycles. The van der Waals surface area contributed by atoms with Gasteiger partial charge in [-0.3, -0.25) is 8.42 Å². The van der Waals surface area contributed by atoms with E-state index >= 15 is 0 Å². The van der Waals surface area contributed by atoms with Gasteiger partial charge in [-0.05, 0) is 0 Å². The van der Waals surface area contributed by atoms with Gasteiger partial charge in [0.25, 0.3) is 5.09 Å². The quantitative estimate of drug-likeness (QED) is 0.167. The van der Waals surface area contributed by atoms with Gasteiger partial charge in [0.2, 0.25) is 0 Å². The Bertz CT molecular complexity index is 156. The molecular weight excluding hydrogens is 214 g/mol. The summed E-state index contributed by atoms with van der Waals surface area (Å²) in [6.07, 6.45) is 0. The molecule has 0 rings (SSSR count). The summed E-state index contributed by atoms with van der Waals surface area (Å²) in [5.74, 6) is 0. The molecule has 0 bridgehead atoms. The van der Waals surface area contributed by atoms with Crippen molar-refractivity contribution in [2.75, 3.05) is 0 Å². The first-order valence-electron chi connectivity index (χ1n) is 1.23. The minimum atomic E-state index is -5.17. The summed E-state index contributed by atoms with van der Waals surface area (Å²) in [6.45, 7) is 0. The molecule has 1 N–H and O–H groups in total. The van der Waals surface area contributed by atoms with Crippen LogP contribution in [0.1, 0.15) is 0 Å². The Morgan fingerprint density at radius 1 is 1.30 bits per heavy atom. The molecular formula is HFeNO7S+. The Morgan fingerprint density at radius 2 is 1.30 bits per heavy atom. The van der Waals surface area contributed by atoms with E-state index in [-0.39, 0.29) is 17.1 Å². The molecule has 0 heterocycles. The van der Waals surface area contributed by atoms with E-state index in [4.69, 9.17) is 32.8 Å². The van der Waals surface area contributed by atoms with Crippen LogP contribution < -0.4 is 0 Å². The standard InChI is InChI=1S/Fe.HNO3.H2O4S/c;2-1(3)4;1-5(2,3)4/h;(H,2,3,4);(H2,1,2,3,4)/q+3;;/p-2. The van der Waals surface area contributed by atoms with Gasteiger partial charge in [-0.2, -0.15) is 0 Å². The molecule has 0 aliphatic carbocycles. The third-order valence-corrected chi connectivity index (χ3v) is 0. The summed E-state index contributed by atoms with van der Waals surface area (Å²) in [7, 11) is -5.17. The predicted molar refractivity (Wildman–Crippen MR) is 19.3 cm³/mol. The van der Waals surface area contributed by atoms with E-state index in [0.29, 0.717) is 0 Å². The van der Waals surface area contributed by atoms with Crippen molar-refractivity contribution in [3.8, 4) is 0 Å². The molecule has 0 unspecified atom stereocenters. The summed E-state index contributed by atoms with van der Waals surface area (Å²) in [5.41, 5.74) is 0. The topological polar surface area (TPSA) is 144 Å². The fraction of sp³-hybridized carbons (Fsp3) is 0. The normalized spacial score (nSPS) is 8.20. The molecule has 10 heteroatoms. The Labute approximate surface area is 66.0 Å². The van der Waals surface area contributed by atoms with Gasteiger partial charge >= 0.3 is 17.1 Å². The predicted octanol–water partition coefficient (Wildman–Crippen LogP) is -1.69. The summed E-state index contributed by atoms with van der Waals surface area (Å²) in [4.78, 5) is 8.36. The van der Waals surface area contributed by atoms with E-state index in [2.05, 4.69) is 0 Å². The second-order valence-corrected chi connectivity index (χ2v) is 1.46. The molecule has 0 amide bonds. The second-order valence-electron chi connectivity index (χ2n) is 0.646. The smallest absolute Gasteiger partial charge is 0.759 e. The first-order chi connectivity index (χ1) is 3.73. The van der Waals surface area contributed by atoms with Gasteiger partial charge in [0.1, 0.15) is 0 Å². The van der Waals surface area contributed by atoms with Crippen molar-refractivity contribution in [1.82, 2.24) is 0 Å². The van der Waals surface area contributed by atoms with Crippen LogP contribution in [-0.4, -0.2) is 27.8 Å². The summed E-state index contributed by atoms with van der Waals surface area (Å²) in [5, 5.41) is 13.6. The number of rotatable bonds is 0. The molecule has 0 saturated carbocycles. The molecule has 0 spiro atoms. The van der Waals surface area contributed by atoms with Gasteiger partial charge in [0.15, 0.2) is 0 Å². The molecule has 0 aromatic heterocycles. The van der Waals surface area contributed by atoms with E-state index in [1.165, 1.54) is 0 Å². The first kappa shape index (κ1) is 16.3. The summed E-state index contributed by atoms with van der Waals surface area (Å²) >= 11 is 0. The minimum absolute atomic E-state index is 0.